The van der Waals surface area contributed by atoms with Crippen LogP contribution in [0.2, 0.25) is 0 Å². The smallest absolute Gasteiger partial charge is 0.227 e. The molecule has 2 aliphatic rings. The Morgan fingerprint density at radius 2 is 1.96 bits per heavy atom. The van der Waals surface area contributed by atoms with E-state index >= 15 is 0 Å². The van der Waals surface area contributed by atoms with Gasteiger partial charge in [-0.15, -0.1) is 0 Å². The number of benzene rings is 1. The van der Waals surface area contributed by atoms with Gasteiger partial charge in [-0.05, 0) is 56.2 Å². The third-order valence-corrected chi connectivity index (χ3v) is 5.17. The Kier molecular flexibility index (Phi) is 4.69. The van der Waals surface area contributed by atoms with E-state index in [0.717, 1.165) is 30.0 Å². The Morgan fingerprint density at radius 1 is 1.22 bits per heavy atom. The summed E-state index contributed by atoms with van der Waals surface area (Å²) in [6, 6.07) is 8.20. The van der Waals surface area contributed by atoms with Crippen molar-refractivity contribution in [3.63, 3.8) is 0 Å². The molecule has 1 saturated heterocycles. The second-order valence-corrected chi connectivity index (χ2v) is 7.21. The van der Waals surface area contributed by atoms with Crippen LogP contribution < -0.4 is 10.2 Å². The van der Waals surface area contributed by atoms with E-state index in [2.05, 4.69) is 12.2 Å². The third-order valence-electron chi connectivity index (χ3n) is 5.17. The van der Waals surface area contributed by atoms with Gasteiger partial charge in [-0.1, -0.05) is 19.1 Å². The Bertz CT molecular complexity index is 591. The molecule has 1 atom stereocenters. The lowest BCUT2D eigenvalue weighted by atomic mass is 9.87. The molecule has 0 aromatic heterocycles. The van der Waals surface area contributed by atoms with Crippen LogP contribution in [0, 0.1) is 18.8 Å². The predicted octanol–water partition coefficient (Wildman–Crippen LogP) is 3.04. The lowest BCUT2D eigenvalue weighted by molar-refractivity contribution is -0.127. The molecule has 2 fully saturated rings. The first-order chi connectivity index (χ1) is 11.0. The number of rotatable bonds is 3. The van der Waals surface area contributed by atoms with E-state index < -0.39 is 0 Å². The summed E-state index contributed by atoms with van der Waals surface area (Å²) in [5.74, 6) is 0.649. The van der Waals surface area contributed by atoms with Gasteiger partial charge in [0.2, 0.25) is 11.8 Å². The van der Waals surface area contributed by atoms with Gasteiger partial charge >= 0.3 is 0 Å². The molecule has 1 heterocycles. The van der Waals surface area contributed by atoms with Crippen LogP contribution in [-0.4, -0.2) is 24.4 Å². The molecule has 23 heavy (non-hydrogen) atoms. The second-order valence-electron chi connectivity index (χ2n) is 7.21. The molecule has 124 valence electrons. The standard InChI is InChI=1S/C19H26N2O2/c1-13-6-8-16(9-7-13)20-19(23)15-11-18(22)21(12-15)17-5-3-4-14(2)10-17/h3-5,10,13,15-16H,6-9,11-12H2,1-2H3,(H,20,23)/t13?,15-,16?/m1/s1. The molecule has 0 spiro atoms. The van der Waals surface area contributed by atoms with Gasteiger partial charge in [0.05, 0.1) is 5.92 Å². The quantitative estimate of drug-likeness (QED) is 0.932. The highest BCUT2D eigenvalue weighted by Gasteiger charge is 2.36. The lowest BCUT2D eigenvalue weighted by Crippen LogP contribution is -2.41. The van der Waals surface area contributed by atoms with Crippen LogP contribution in [0.1, 0.15) is 44.6 Å². The van der Waals surface area contributed by atoms with Crippen LogP contribution in [0.5, 0.6) is 0 Å². The monoisotopic (exact) mass is 314 g/mol. The largest absolute Gasteiger partial charge is 0.353 e. The van der Waals surface area contributed by atoms with Crippen LogP contribution in [-0.2, 0) is 9.59 Å². The number of aryl methyl sites for hydroxylation is 1. The van der Waals surface area contributed by atoms with E-state index in [1.54, 1.807) is 4.90 Å². The van der Waals surface area contributed by atoms with Crippen LogP contribution in [0.25, 0.3) is 0 Å². The Hall–Kier alpha value is -1.84. The summed E-state index contributed by atoms with van der Waals surface area (Å²) in [7, 11) is 0. The van der Waals surface area contributed by atoms with E-state index in [9.17, 15) is 9.59 Å². The maximum absolute atomic E-state index is 12.5. The van der Waals surface area contributed by atoms with Crippen molar-refractivity contribution in [1.82, 2.24) is 5.32 Å². The highest BCUT2D eigenvalue weighted by atomic mass is 16.2. The Labute approximate surface area is 138 Å². The summed E-state index contributed by atoms with van der Waals surface area (Å²) < 4.78 is 0. The molecule has 0 unspecified atom stereocenters. The second kappa shape index (κ2) is 6.73. The highest BCUT2D eigenvalue weighted by molar-refractivity contribution is 6.00. The molecule has 0 radical (unpaired) electrons. The lowest BCUT2D eigenvalue weighted by Gasteiger charge is -2.27. The first-order valence-corrected chi connectivity index (χ1v) is 8.70. The van der Waals surface area contributed by atoms with Gasteiger partial charge < -0.3 is 10.2 Å². The molecular formula is C19H26N2O2. The topological polar surface area (TPSA) is 49.4 Å². The van der Waals surface area contributed by atoms with Crippen molar-refractivity contribution >= 4 is 17.5 Å². The molecule has 1 saturated carbocycles. The Balaban J connectivity index is 1.59. The molecule has 1 aliphatic carbocycles. The minimum Gasteiger partial charge on any atom is -0.353 e. The molecule has 4 nitrogen and oxygen atoms in total. The predicted molar refractivity (Wildman–Crippen MR) is 91.2 cm³/mol. The summed E-state index contributed by atoms with van der Waals surface area (Å²) in [5.41, 5.74) is 2.02. The summed E-state index contributed by atoms with van der Waals surface area (Å²) in [6.45, 7) is 4.78. The number of anilines is 1. The first-order valence-electron chi connectivity index (χ1n) is 8.70. The third kappa shape index (κ3) is 3.74. The van der Waals surface area contributed by atoms with E-state index in [-0.39, 0.29) is 17.7 Å². The van der Waals surface area contributed by atoms with E-state index in [1.165, 1.54) is 12.8 Å². The number of nitrogens with one attached hydrogen (secondary N) is 1. The van der Waals surface area contributed by atoms with Gasteiger partial charge in [0.15, 0.2) is 0 Å². The first kappa shape index (κ1) is 16.0. The van der Waals surface area contributed by atoms with Gasteiger partial charge in [-0.25, -0.2) is 0 Å². The summed E-state index contributed by atoms with van der Waals surface area (Å²) in [4.78, 5) is 26.5. The zero-order valence-electron chi connectivity index (χ0n) is 14.0. The summed E-state index contributed by atoms with van der Waals surface area (Å²) in [5, 5.41) is 3.17. The number of carbonyl (C=O) groups is 2. The molecule has 3 rings (SSSR count). The number of hydrogen-bond donors (Lipinski definition) is 1. The van der Waals surface area contributed by atoms with Gasteiger partial charge in [-0.3, -0.25) is 9.59 Å². The number of amides is 2. The molecular weight excluding hydrogens is 288 g/mol. The van der Waals surface area contributed by atoms with Crippen molar-refractivity contribution in [2.24, 2.45) is 11.8 Å². The fourth-order valence-electron chi connectivity index (χ4n) is 3.65. The fourth-order valence-corrected chi connectivity index (χ4v) is 3.65. The van der Waals surface area contributed by atoms with Crippen LogP contribution in [0.4, 0.5) is 5.69 Å². The normalized spacial score (nSPS) is 28.0. The van der Waals surface area contributed by atoms with Crippen molar-refractivity contribution in [3.8, 4) is 0 Å². The van der Waals surface area contributed by atoms with Gasteiger partial charge in [0, 0.05) is 24.7 Å². The van der Waals surface area contributed by atoms with Crippen molar-refractivity contribution in [2.75, 3.05) is 11.4 Å². The molecule has 4 heteroatoms. The van der Waals surface area contributed by atoms with Gasteiger partial charge in [0.1, 0.15) is 0 Å². The number of hydrogen-bond acceptors (Lipinski definition) is 2. The summed E-state index contributed by atoms with van der Waals surface area (Å²) >= 11 is 0. The van der Waals surface area contributed by atoms with Gasteiger partial charge in [0.25, 0.3) is 0 Å². The number of carbonyl (C=O) groups excluding carboxylic acids is 2. The minimum absolute atomic E-state index is 0.0491. The average molecular weight is 314 g/mol. The zero-order valence-corrected chi connectivity index (χ0v) is 14.0. The molecule has 1 aliphatic heterocycles. The maximum atomic E-state index is 12.5. The fraction of sp³-hybridized carbons (Fsp3) is 0.579. The van der Waals surface area contributed by atoms with Crippen LogP contribution >= 0.6 is 0 Å². The Morgan fingerprint density at radius 3 is 2.65 bits per heavy atom. The molecule has 1 N–H and O–H groups in total. The average Bonchev–Trinajstić information content (AvgIpc) is 2.92. The van der Waals surface area contributed by atoms with Gasteiger partial charge in [-0.2, -0.15) is 0 Å². The van der Waals surface area contributed by atoms with Crippen LogP contribution in [0.3, 0.4) is 0 Å². The van der Waals surface area contributed by atoms with Crippen LogP contribution in [0.15, 0.2) is 24.3 Å². The SMILES string of the molecule is Cc1cccc(N2C[C@H](C(=O)NC3CCC(C)CC3)CC2=O)c1. The zero-order chi connectivity index (χ0) is 16.4. The van der Waals surface area contributed by atoms with Crippen molar-refractivity contribution in [1.29, 1.82) is 0 Å². The molecule has 0 bridgehead atoms. The number of nitrogens with zero attached hydrogens (tertiary/aromatic N) is 1. The minimum atomic E-state index is -0.220. The van der Waals surface area contributed by atoms with E-state index in [0.29, 0.717) is 19.0 Å². The molecule has 1 aromatic carbocycles. The molecule has 2 amide bonds. The van der Waals surface area contributed by atoms with Crippen molar-refractivity contribution in [3.05, 3.63) is 29.8 Å². The van der Waals surface area contributed by atoms with Crippen molar-refractivity contribution in [2.45, 2.75) is 52.0 Å². The summed E-state index contributed by atoms with van der Waals surface area (Å²) in [6.07, 6.45) is 4.82. The molecule has 1 aromatic rings. The van der Waals surface area contributed by atoms with E-state index in [4.69, 9.17) is 0 Å². The van der Waals surface area contributed by atoms with Crippen molar-refractivity contribution < 1.29 is 9.59 Å². The van der Waals surface area contributed by atoms with E-state index in [1.807, 2.05) is 31.2 Å². The highest BCUT2D eigenvalue weighted by Crippen LogP contribution is 2.27. The maximum Gasteiger partial charge on any atom is 0.227 e.